The van der Waals surface area contributed by atoms with Crippen LogP contribution in [0, 0.1) is 0 Å². The van der Waals surface area contributed by atoms with Gasteiger partial charge in [-0.3, -0.25) is 4.79 Å². The molecule has 1 amide bonds. The molecule has 0 aromatic heterocycles. The molecule has 0 saturated carbocycles. The molecule has 0 aliphatic carbocycles. The molecule has 6 heteroatoms. The SMILES string of the molecule is CSC[C@H](CCO)NC(=O)Cc1cc(Cl)ccc1Cl. The van der Waals surface area contributed by atoms with Gasteiger partial charge in [0.05, 0.1) is 6.42 Å². The van der Waals surface area contributed by atoms with Crippen LogP contribution in [0.2, 0.25) is 10.0 Å². The Morgan fingerprint density at radius 3 is 2.84 bits per heavy atom. The number of amides is 1. The van der Waals surface area contributed by atoms with Gasteiger partial charge in [-0.15, -0.1) is 0 Å². The number of nitrogens with one attached hydrogen (secondary N) is 1. The third-order valence-electron chi connectivity index (χ3n) is 2.57. The van der Waals surface area contributed by atoms with Gasteiger partial charge in [0.2, 0.25) is 5.91 Å². The molecule has 1 rings (SSSR count). The van der Waals surface area contributed by atoms with Gasteiger partial charge in [-0.25, -0.2) is 0 Å². The van der Waals surface area contributed by atoms with Gasteiger partial charge in [0.15, 0.2) is 0 Å². The lowest BCUT2D eigenvalue weighted by Gasteiger charge is -2.17. The van der Waals surface area contributed by atoms with E-state index in [0.29, 0.717) is 22.0 Å². The average molecular weight is 322 g/mol. The third kappa shape index (κ3) is 6.04. The maximum absolute atomic E-state index is 11.9. The smallest absolute Gasteiger partial charge is 0.224 e. The predicted octanol–water partition coefficient (Wildman–Crippen LogP) is 2.77. The third-order valence-corrected chi connectivity index (χ3v) is 3.91. The van der Waals surface area contributed by atoms with Crippen molar-refractivity contribution in [1.29, 1.82) is 0 Å². The largest absolute Gasteiger partial charge is 0.396 e. The van der Waals surface area contributed by atoms with E-state index in [9.17, 15) is 4.79 Å². The topological polar surface area (TPSA) is 49.3 Å². The summed E-state index contributed by atoms with van der Waals surface area (Å²) in [4.78, 5) is 11.9. The van der Waals surface area contributed by atoms with Crippen LogP contribution in [0.5, 0.6) is 0 Å². The number of aliphatic hydroxyl groups excluding tert-OH is 1. The molecule has 0 aliphatic rings. The Morgan fingerprint density at radius 1 is 1.47 bits per heavy atom. The Morgan fingerprint density at radius 2 is 2.21 bits per heavy atom. The molecule has 1 aromatic rings. The highest BCUT2D eigenvalue weighted by molar-refractivity contribution is 7.98. The van der Waals surface area contributed by atoms with Crippen molar-refractivity contribution in [3.63, 3.8) is 0 Å². The van der Waals surface area contributed by atoms with Gasteiger partial charge in [-0.05, 0) is 36.4 Å². The maximum Gasteiger partial charge on any atom is 0.224 e. The fourth-order valence-corrected chi connectivity index (χ4v) is 2.72. The molecule has 2 N–H and O–H groups in total. The first-order valence-electron chi connectivity index (χ1n) is 5.90. The molecule has 0 radical (unpaired) electrons. The minimum atomic E-state index is -0.114. The van der Waals surface area contributed by atoms with E-state index in [0.717, 1.165) is 5.75 Å². The van der Waals surface area contributed by atoms with Crippen LogP contribution in [-0.4, -0.2) is 35.7 Å². The minimum absolute atomic E-state index is 0.0227. The van der Waals surface area contributed by atoms with Crippen molar-refractivity contribution in [2.75, 3.05) is 18.6 Å². The van der Waals surface area contributed by atoms with Crippen LogP contribution < -0.4 is 5.32 Å². The minimum Gasteiger partial charge on any atom is -0.396 e. The normalized spacial score (nSPS) is 12.2. The zero-order valence-electron chi connectivity index (χ0n) is 10.7. The molecule has 0 saturated heterocycles. The number of aliphatic hydroxyl groups is 1. The summed E-state index contributed by atoms with van der Waals surface area (Å²) in [6.45, 7) is 0.0590. The summed E-state index contributed by atoms with van der Waals surface area (Å²) in [7, 11) is 0. The molecule has 0 heterocycles. The van der Waals surface area contributed by atoms with Crippen molar-refractivity contribution in [2.45, 2.75) is 18.9 Å². The number of thioether (sulfide) groups is 1. The fraction of sp³-hybridized carbons (Fsp3) is 0.462. The fourth-order valence-electron chi connectivity index (χ4n) is 1.68. The van der Waals surface area contributed by atoms with Crippen LogP contribution in [0.4, 0.5) is 0 Å². The molecule has 0 aliphatic heterocycles. The Kier molecular flexibility index (Phi) is 7.61. The van der Waals surface area contributed by atoms with Gasteiger partial charge < -0.3 is 10.4 Å². The first-order valence-corrected chi connectivity index (χ1v) is 8.05. The van der Waals surface area contributed by atoms with Gasteiger partial charge in [0.1, 0.15) is 0 Å². The van der Waals surface area contributed by atoms with Crippen LogP contribution in [0.25, 0.3) is 0 Å². The van der Waals surface area contributed by atoms with Crippen LogP contribution in [-0.2, 0) is 11.2 Å². The summed E-state index contributed by atoms with van der Waals surface area (Å²) in [6, 6.07) is 5.04. The summed E-state index contributed by atoms with van der Waals surface area (Å²) < 4.78 is 0. The number of carbonyl (C=O) groups is 1. The molecule has 1 atom stereocenters. The van der Waals surface area contributed by atoms with E-state index in [4.69, 9.17) is 28.3 Å². The van der Waals surface area contributed by atoms with Crippen molar-refractivity contribution in [3.05, 3.63) is 33.8 Å². The van der Waals surface area contributed by atoms with Gasteiger partial charge in [-0.2, -0.15) is 11.8 Å². The van der Waals surface area contributed by atoms with Crippen molar-refractivity contribution in [1.82, 2.24) is 5.32 Å². The number of benzene rings is 1. The number of hydrogen-bond acceptors (Lipinski definition) is 3. The zero-order chi connectivity index (χ0) is 14.3. The van der Waals surface area contributed by atoms with Crippen LogP contribution >= 0.6 is 35.0 Å². The van der Waals surface area contributed by atoms with E-state index in [1.165, 1.54) is 0 Å². The lowest BCUT2D eigenvalue weighted by Crippen LogP contribution is -2.38. The van der Waals surface area contributed by atoms with Crippen molar-refractivity contribution in [3.8, 4) is 0 Å². The van der Waals surface area contributed by atoms with E-state index in [-0.39, 0.29) is 25.0 Å². The quantitative estimate of drug-likeness (QED) is 0.811. The number of halogens is 2. The highest BCUT2D eigenvalue weighted by atomic mass is 35.5. The molecule has 3 nitrogen and oxygen atoms in total. The Labute approximate surface area is 127 Å². The van der Waals surface area contributed by atoms with Crippen molar-refractivity contribution >= 4 is 40.9 Å². The molecule has 1 aromatic carbocycles. The molecular weight excluding hydrogens is 305 g/mol. The molecule has 0 spiro atoms. The summed E-state index contributed by atoms with van der Waals surface area (Å²) >= 11 is 13.5. The second-order valence-electron chi connectivity index (χ2n) is 4.14. The lowest BCUT2D eigenvalue weighted by atomic mass is 10.1. The highest BCUT2D eigenvalue weighted by Gasteiger charge is 2.13. The Hall–Kier alpha value is -0.420. The maximum atomic E-state index is 11.9. The average Bonchev–Trinajstić information content (AvgIpc) is 2.34. The monoisotopic (exact) mass is 321 g/mol. The molecular formula is C13H17Cl2NO2S. The first-order chi connectivity index (χ1) is 9.06. The van der Waals surface area contributed by atoms with Gasteiger partial charge in [-0.1, -0.05) is 23.2 Å². The molecule has 0 fully saturated rings. The van der Waals surface area contributed by atoms with E-state index in [2.05, 4.69) is 5.32 Å². The zero-order valence-corrected chi connectivity index (χ0v) is 13.0. The van der Waals surface area contributed by atoms with Crippen molar-refractivity contribution < 1.29 is 9.90 Å². The molecule has 0 bridgehead atoms. The van der Waals surface area contributed by atoms with Crippen LogP contribution in [0.15, 0.2) is 18.2 Å². The van der Waals surface area contributed by atoms with Gasteiger partial charge >= 0.3 is 0 Å². The predicted molar refractivity (Wildman–Crippen MR) is 82.2 cm³/mol. The van der Waals surface area contributed by atoms with Crippen molar-refractivity contribution in [2.24, 2.45) is 0 Å². The highest BCUT2D eigenvalue weighted by Crippen LogP contribution is 2.21. The molecule has 19 heavy (non-hydrogen) atoms. The second kappa shape index (κ2) is 8.69. The summed E-state index contributed by atoms with van der Waals surface area (Å²) in [5, 5.41) is 12.9. The van der Waals surface area contributed by atoms with E-state index in [1.54, 1.807) is 30.0 Å². The molecule has 106 valence electrons. The standard InChI is InChI=1S/C13H17Cl2NO2S/c1-19-8-11(4-5-17)16-13(18)7-9-6-10(14)2-3-12(9)15/h2-3,6,11,17H,4-5,7-8H2,1H3,(H,16,18)/t11-/m0/s1. The number of carbonyl (C=O) groups excluding carboxylic acids is 1. The Balaban J connectivity index is 2.60. The summed E-state index contributed by atoms with van der Waals surface area (Å²) in [5.41, 5.74) is 0.707. The lowest BCUT2D eigenvalue weighted by molar-refractivity contribution is -0.121. The van der Waals surface area contributed by atoms with E-state index in [1.807, 2.05) is 6.26 Å². The Bertz CT molecular complexity index is 423. The van der Waals surface area contributed by atoms with Crippen LogP contribution in [0.1, 0.15) is 12.0 Å². The van der Waals surface area contributed by atoms with E-state index >= 15 is 0 Å². The number of hydrogen-bond donors (Lipinski definition) is 2. The number of rotatable bonds is 7. The second-order valence-corrected chi connectivity index (χ2v) is 5.90. The molecule has 0 unspecified atom stereocenters. The summed E-state index contributed by atoms with van der Waals surface area (Å²) in [5.74, 6) is 0.659. The van der Waals surface area contributed by atoms with E-state index < -0.39 is 0 Å². The van der Waals surface area contributed by atoms with Gasteiger partial charge in [0.25, 0.3) is 0 Å². The van der Waals surface area contributed by atoms with Crippen LogP contribution in [0.3, 0.4) is 0 Å². The first kappa shape index (κ1) is 16.6. The summed E-state index contributed by atoms with van der Waals surface area (Å²) in [6.07, 6.45) is 2.70. The van der Waals surface area contributed by atoms with Gasteiger partial charge in [0, 0.05) is 28.4 Å².